The number of rotatable bonds is 11. The first kappa shape index (κ1) is 28.6. The molecule has 1 fully saturated rings. The van der Waals surface area contributed by atoms with Crippen LogP contribution >= 0.6 is 0 Å². The second-order valence-electron chi connectivity index (χ2n) is 9.92. The van der Waals surface area contributed by atoms with Crippen molar-refractivity contribution in [3.05, 3.63) is 65.4 Å². The highest BCUT2D eigenvalue weighted by atomic mass is 19.2. The SMILES string of the molecule is COc1ccc2ncc(F)c([C@H](O)CCC3(CC(=O)O)CCN(CCOc4cc(F)cc(F)c4F)CC3)c2c1. The Morgan fingerprint density at radius 3 is 2.56 bits per heavy atom. The molecule has 0 radical (unpaired) electrons. The largest absolute Gasteiger partial charge is 0.497 e. The summed E-state index contributed by atoms with van der Waals surface area (Å²) >= 11 is 0. The lowest BCUT2D eigenvalue weighted by atomic mass is 9.71. The van der Waals surface area contributed by atoms with Crippen molar-refractivity contribution in [2.24, 2.45) is 5.41 Å². The number of ether oxygens (including phenoxy) is 2. The Bertz CT molecular complexity index is 1330. The molecule has 0 spiro atoms. The fourth-order valence-electron chi connectivity index (χ4n) is 5.23. The molecule has 7 nitrogen and oxygen atoms in total. The Hall–Kier alpha value is -3.44. The van der Waals surface area contributed by atoms with E-state index in [-0.39, 0.29) is 25.0 Å². The molecule has 210 valence electrons. The van der Waals surface area contributed by atoms with Crippen LogP contribution < -0.4 is 9.47 Å². The zero-order chi connectivity index (χ0) is 28.2. The van der Waals surface area contributed by atoms with Crippen molar-refractivity contribution < 1.29 is 42.0 Å². The molecule has 2 N–H and O–H groups in total. The number of likely N-dealkylation sites (tertiary alicyclic amines) is 1. The van der Waals surface area contributed by atoms with Gasteiger partial charge in [-0.2, -0.15) is 4.39 Å². The van der Waals surface area contributed by atoms with Crippen LogP contribution in [0.25, 0.3) is 10.9 Å². The zero-order valence-corrected chi connectivity index (χ0v) is 21.4. The standard InChI is InChI=1S/C28H30F4N2O5/c1-38-18-2-3-22-19(14-18)26(21(31)16-33-22)23(35)4-5-28(15-25(36)37)6-8-34(9-7-28)10-11-39-24-13-17(29)12-20(30)27(24)32/h2-3,12-14,16,23,35H,4-11,15H2,1H3,(H,36,37)/t23-/m1/s1. The smallest absolute Gasteiger partial charge is 0.303 e. The van der Waals surface area contributed by atoms with Crippen molar-refractivity contribution in [3.63, 3.8) is 0 Å². The molecule has 4 rings (SSSR count). The molecule has 2 aromatic carbocycles. The van der Waals surface area contributed by atoms with E-state index in [1.807, 2.05) is 4.90 Å². The van der Waals surface area contributed by atoms with Gasteiger partial charge in [-0.05, 0) is 62.4 Å². The number of hydrogen-bond donors (Lipinski definition) is 2. The van der Waals surface area contributed by atoms with Gasteiger partial charge in [-0.15, -0.1) is 0 Å². The summed E-state index contributed by atoms with van der Waals surface area (Å²) < 4.78 is 65.8. The summed E-state index contributed by atoms with van der Waals surface area (Å²) in [6.45, 7) is 1.36. The van der Waals surface area contributed by atoms with E-state index in [2.05, 4.69) is 4.98 Å². The van der Waals surface area contributed by atoms with Crippen molar-refractivity contribution >= 4 is 16.9 Å². The number of aliphatic hydroxyl groups excluding tert-OH is 1. The fraction of sp³-hybridized carbons (Fsp3) is 0.429. The number of benzene rings is 2. The summed E-state index contributed by atoms with van der Waals surface area (Å²) in [6.07, 6.45) is 1.28. The predicted octanol–water partition coefficient (Wildman–Crippen LogP) is 5.25. The first-order chi connectivity index (χ1) is 18.6. The second-order valence-corrected chi connectivity index (χ2v) is 9.92. The summed E-state index contributed by atoms with van der Waals surface area (Å²) in [5.41, 5.74) is -0.0123. The van der Waals surface area contributed by atoms with Gasteiger partial charge in [-0.1, -0.05) is 0 Å². The molecule has 1 saturated heterocycles. The first-order valence-electron chi connectivity index (χ1n) is 12.6. The van der Waals surface area contributed by atoms with Gasteiger partial charge in [-0.3, -0.25) is 14.7 Å². The van der Waals surface area contributed by atoms with E-state index in [9.17, 15) is 32.6 Å². The number of fused-ring (bicyclic) bond motifs is 1. The van der Waals surface area contributed by atoms with Gasteiger partial charge in [0.1, 0.15) is 24.0 Å². The van der Waals surface area contributed by atoms with E-state index in [4.69, 9.17) is 9.47 Å². The number of carboxylic acids is 1. The Morgan fingerprint density at radius 1 is 1.13 bits per heavy atom. The quantitative estimate of drug-likeness (QED) is 0.249. The van der Waals surface area contributed by atoms with E-state index < -0.39 is 46.5 Å². The third-order valence-corrected chi connectivity index (χ3v) is 7.42. The minimum absolute atomic E-state index is 0.0116. The highest BCUT2D eigenvalue weighted by Gasteiger charge is 2.37. The topological polar surface area (TPSA) is 92.1 Å². The predicted molar refractivity (Wildman–Crippen MR) is 135 cm³/mol. The number of nitrogens with zero attached hydrogens (tertiary/aromatic N) is 2. The van der Waals surface area contributed by atoms with Crippen LogP contribution in [0.5, 0.6) is 11.5 Å². The third kappa shape index (κ3) is 6.77. The monoisotopic (exact) mass is 550 g/mol. The number of aromatic nitrogens is 1. The van der Waals surface area contributed by atoms with Crippen LogP contribution in [0, 0.1) is 28.7 Å². The van der Waals surface area contributed by atoms with Gasteiger partial charge >= 0.3 is 5.97 Å². The maximum atomic E-state index is 14.8. The molecule has 1 atom stereocenters. The van der Waals surface area contributed by atoms with Crippen LogP contribution in [0.2, 0.25) is 0 Å². The van der Waals surface area contributed by atoms with Crippen molar-refractivity contribution in [2.45, 2.75) is 38.2 Å². The average molecular weight is 551 g/mol. The highest BCUT2D eigenvalue weighted by molar-refractivity contribution is 5.84. The number of carboxylic acid groups (broad SMARTS) is 1. The molecular weight excluding hydrogens is 520 g/mol. The van der Waals surface area contributed by atoms with Gasteiger partial charge in [0.15, 0.2) is 11.6 Å². The van der Waals surface area contributed by atoms with E-state index in [0.717, 1.165) is 12.3 Å². The Morgan fingerprint density at radius 2 is 1.87 bits per heavy atom. The normalized spacial score (nSPS) is 16.3. The highest BCUT2D eigenvalue weighted by Crippen LogP contribution is 2.42. The summed E-state index contributed by atoms with van der Waals surface area (Å²) in [5.74, 6) is -5.16. The summed E-state index contributed by atoms with van der Waals surface area (Å²) in [5, 5.41) is 21.0. The number of hydrogen-bond acceptors (Lipinski definition) is 6. The van der Waals surface area contributed by atoms with Crippen LogP contribution in [0.1, 0.15) is 43.8 Å². The van der Waals surface area contributed by atoms with Crippen LogP contribution in [-0.2, 0) is 4.79 Å². The Balaban J connectivity index is 1.39. The number of aliphatic carboxylic acids is 1. The number of piperidine rings is 1. The van der Waals surface area contributed by atoms with E-state index in [1.165, 1.54) is 7.11 Å². The maximum Gasteiger partial charge on any atom is 0.303 e. The van der Waals surface area contributed by atoms with Crippen molar-refractivity contribution in [3.8, 4) is 11.5 Å². The molecule has 0 amide bonds. The molecule has 0 bridgehead atoms. The molecule has 2 heterocycles. The van der Waals surface area contributed by atoms with Crippen LogP contribution in [0.3, 0.4) is 0 Å². The summed E-state index contributed by atoms with van der Waals surface area (Å²) in [4.78, 5) is 17.8. The van der Waals surface area contributed by atoms with Crippen molar-refractivity contribution in [1.82, 2.24) is 9.88 Å². The van der Waals surface area contributed by atoms with Gasteiger partial charge in [0.2, 0.25) is 5.82 Å². The molecule has 1 aliphatic heterocycles. The molecule has 1 aromatic heterocycles. The average Bonchev–Trinajstić information content (AvgIpc) is 2.90. The molecule has 0 aliphatic carbocycles. The molecule has 39 heavy (non-hydrogen) atoms. The Labute approximate surface area is 223 Å². The minimum atomic E-state index is -1.33. The van der Waals surface area contributed by atoms with Gasteiger partial charge in [0, 0.05) is 29.6 Å². The number of pyridine rings is 1. The number of halogens is 4. The molecule has 11 heteroatoms. The van der Waals surface area contributed by atoms with Crippen molar-refractivity contribution in [1.29, 1.82) is 0 Å². The molecule has 0 saturated carbocycles. The lowest BCUT2D eigenvalue weighted by molar-refractivity contribution is -0.141. The lowest BCUT2D eigenvalue weighted by Crippen LogP contribution is -2.42. The lowest BCUT2D eigenvalue weighted by Gasteiger charge is -2.41. The van der Waals surface area contributed by atoms with Crippen LogP contribution in [0.15, 0.2) is 36.5 Å². The van der Waals surface area contributed by atoms with Gasteiger partial charge in [-0.25, -0.2) is 13.2 Å². The zero-order valence-electron chi connectivity index (χ0n) is 21.4. The van der Waals surface area contributed by atoms with Crippen molar-refractivity contribution in [2.75, 3.05) is 33.4 Å². The summed E-state index contributed by atoms with van der Waals surface area (Å²) in [6, 6.07) is 6.20. The number of aliphatic hydroxyl groups is 1. The molecule has 0 unspecified atom stereocenters. The van der Waals surface area contributed by atoms with E-state index >= 15 is 0 Å². The minimum Gasteiger partial charge on any atom is -0.497 e. The fourth-order valence-corrected chi connectivity index (χ4v) is 5.23. The first-order valence-corrected chi connectivity index (χ1v) is 12.6. The summed E-state index contributed by atoms with van der Waals surface area (Å²) in [7, 11) is 1.48. The number of methoxy groups -OCH3 is 1. The second kappa shape index (κ2) is 12.2. The molecule has 3 aromatic rings. The van der Waals surface area contributed by atoms with Gasteiger partial charge in [0.05, 0.1) is 31.3 Å². The van der Waals surface area contributed by atoms with Gasteiger partial charge in [0.25, 0.3) is 0 Å². The van der Waals surface area contributed by atoms with Crippen LogP contribution in [-0.4, -0.2) is 59.4 Å². The van der Waals surface area contributed by atoms with E-state index in [1.54, 1.807) is 18.2 Å². The maximum absolute atomic E-state index is 14.8. The third-order valence-electron chi connectivity index (χ3n) is 7.42. The van der Waals surface area contributed by atoms with Crippen LogP contribution in [0.4, 0.5) is 17.6 Å². The number of carbonyl (C=O) groups is 1. The Kier molecular flexibility index (Phi) is 8.91. The van der Waals surface area contributed by atoms with Gasteiger partial charge < -0.3 is 19.7 Å². The molecular formula is C28H30F4N2O5. The van der Waals surface area contributed by atoms with E-state index in [0.29, 0.717) is 61.6 Å². The molecule has 1 aliphatic rings.